The number of ether oxygens (including phenoxy) is 1. The molecular weight excluding hydrogens is 270 g/mol. The van der Waals surface area contributed by atoms with E-state index in [1.807, 2.05) is 0 Å². The van der Waals surface area contributed by atoms with Gasteiger partial charge in [-0.25, -0.2) is 14.3 Å². The predicted octanol–water partition coefficient (Wildman–Crippen LogP) is -1.21. The van der Waals surface area contributed by atoms with Crippen LogP contribution in [-0.4, -0.2) is 70.2 Å². The highest BCUT2D eigenvalue weighted by Crippen LogP contribution is 1.92. The summed E-state index contributed by atoms with van der Waals surface area (Å²) >= 11 is 0. The van der Waals surface area contributed by atoms with Crippen molar-refractivity contribution in [3.05, 3.63) is 11.9 Å². The third kappa shape index (κ3) is 4.55. The largest absolute Gasteiger partial charge is 0.476 e. The zero-order chi connectivity index (χ0) is 15.1. The Hall–Kier alpha value is -2.65. The van der Waals surface area contributed by atoms with Crippen LogP contribution in [0.3, 0.4) is 0 Å². The fourth-order valence-corrected chi connectivity index (χ4v) is 1.25. The number of aromatic carboxylic acids is 1. The molecule has 0 spiro atoms. The maximum absolute atomic E-state index is 11.6. The molecule has 0 unspecified atom stereocenters. The van der Waals surface area contributed by atoms with Crippen molar-refractivity contribution in [3.8, 4) is 0 Å². The topological polar surface area (TPSA) is 127 Å². The van der Waals surface area contributed by atoms with Crippen LogP contribution >= 0.6 is 0 Å². The first kappa shape index (κ1) is 15.4. The minimum atomic E-state index is -1.17. The van der Waals surface area contributed by atoms with E-state index in [1.54, 1.807) is 0 Å². The van der Waals surface area contributed by atoms with Gasteiger partial charge in [0, 0.05) is 13.6 Å². The first-order valence-electron chi connectivity index (χ1n) is 5.63. The average molecular weight is 285 g/mol. The van der Waals surface area contributed by atoms with Gasteiger partial charge in [-0.15, -0.1) is 5.10 Å². The fourth-order valence-electron chi connectivity index (χ4n) is 1.25. The number of hydrogen-bond acceptors (Lipinski definition) is 6. The summed E-state index contributed by atoms with van der Waals surface area (Å²) < 4.78 is 5.73. The molecule has 20 heavy (non-hydrogen) atoms. The lowest BCUT2D eigenvalue weighted by molar-refractivity contribution is -0.141. The van der Waals surface area contributed by atoms with Crippen LogP contribution < -0.4 is 5.32 Å². The summed E-state index contributed by atoms with van der Waals surface area (Å²) in [6.45, 7) is 0.319. The van der Waals surface area contributed by atoms with Gasteiger partial charge in [-0.05, 0) is 0 Å². The Morgan fingerprint density at radius 1 is 1.50 bits per heavy atom. The third-order valence-corrected chi connectivity index (χ3v) is 2.32. The monoisotopic (exact) mass is 285 g/mol. The van der Waals surface area contributed by atoms with E-state index in [0.29, 0.717) is 0 Å². The van der Waals surface area contributed by atoms with Crippen molar-refractivity contribution in [2.45, 2.75) is 6.54 Å². The SMILES string of the molecule is COC(=O)CN(C)C(=O)NCCn1cc(C(=O)O)nn1. The van der Waals surface area contributed by atoms with Crippen molar-refractivity contribution < 1.29 is 24.2 Å². The van der Waals surface area contributed by atoms with Crippen molar-refractivity contribution in [3.63, 3.8) is 0 Å². The molecule has 1 rings (SSSR count). The normalized spacial score (nSPS) is 9.90. The zero-order valence-electron chi connectivity index (χ0n) is 11.1. The lowest BCUT2D eigenvalue weighted by Gasteiger charge is -2.16. The minimum Gasteiger partial charge on any atom is -0.476 e. The van der Waals surface area contributed by atoms with Crippen LogP contribution in [0.25, 0.3) is 0 Å². The quantitative estimate of drug-likeness (QED) is 0.628. The first-order chi connectivity index (χ1) is 9.43. The highest BCUT2D eigenvalue weighted by Gasteiger charge is 2.12. The second-order valence-electron chi connectivity index (χ2n) is 3.84. The number of nitrogens with zero attached hydrogens (tertiary/aromatic N) is 4. The molecule has 0 aliphatic heterocycles. The fraction of sp³-hybridized carbons (Fsp3) is 0.500. The number of esters is 1. The maximum atomic E-state index is 11.6. The molecule has 0 saturated heterocycles. The van der Waals surface area contributed by atoms with E-state index in [0.717, 1.165) is 4.90 Å². The Labute approximate surface area is 114 Å². The Morgan fingerprint density at radius 3 is 2.75 bits per heavy atom. The molecule has 0 atom stereocenters. The van der Waals surface area contributed by atoms with Crippen molar-refractivity contribution in [1.29, 1.82) is 0 Å². The van der Waals surface area contributed by atoms with Crippen LogP contribution in [0.5, 0.6) is 0 Å². The second kappa shape index (κ2) is 7.07. The molecule has 2 N–H and O–H groups in total. The van der Waals surface area contributed by atoms with Gasteiger partial charge in [0.2, 0.25) is 0 Å². The van der Waals surface area contributed by atoms with E-state index in [4.69, 9.17) is 5.11 Å². The van der Waals surface area contributed by atoms with Crippen LogP contribution in [0.4, 0.5) is 4.79 Å². The average Bonchev–Trinajstić information content (AvgIpc) is 2.87. The van der Waals surface area contributed by atoms with E-state index in [9.17, 15) is 14.4 Å². The Balaban J connectivity index is 2.34. The van der Waals surface area contributed by atoms with Gasteiger partial charge < -0.3 is 20.1 Å². The summed E-state index contributed by atoms with van der Waals surface area (Å²) in [5.74, 6) is -1.69. The molecule has 110 valence electrons. The van der Waals surface area contributed by atoms with Crippen LogP contribution in [0.2, 0.25) is 0 Å². The Kier molecular flexibility index (Phi) is 5.44. The maximum Gasteiger partial charge on any atom is 0.358 e. The highest BCUT2D eigenvalue weighted by molar-refractivity contribution is 5.84. The number of nitrogens with one attached hydrogen (secondary N) is 1. The molecule has 0 aliphatic carbocycles. The van der Waals surface area contributed by atoms with E-state index in [1.165, 1.54) is 25.0 Å². The number of carbonyl (C=O) groups excluding carboxylic acids is 2. The van der Waals surface area contributed by atoms with Gasteiger partial charge in [0.15, 0.2) is 5.69 Å². The van der Waals surface area contributed by atoms with Crippen LogP contribution in [-0.2, 0) is 16.1 Å². The molecule has 0 saturated carbocycles. The minimum absolute atomic E-state index is 0.158. The number of urea groups is 1. The summed E-state index contributed by atoms with van der Waals surface area (Å²) in [4.78, 5) is 34.3. The summed E-state index contributed by atoms with van der Waals surface area (Å²) in [5, 5.41) is 18.2. The number of methoxy groups -OCH3 is 1. The van der Waals surface area contributed by atoms with Crippen LogP contribution in [0.1, 0.15) is 10.5 Å². The summed E-state index contributed by atoms with van der Waals surface area (Å²) in [7, 11) is 2.68. The molecule has 0 fully saturated rings. The van der Waals surface area contributed by atoms with Crippen molar-refractivity contribution >= 4 is 18.0 Å². The molecule has 0 bridgehead atoms. The molecule has 1 aromatic rings. The van der Waals surface area contributed by atoms with Gasteiger partial charge in [-0.3, -0.25) is 4.79 Å². The van der Waals surface area contributed by atoms with E-state index in [2.05, 4.69) is 20.4 Å². The lowest BCUT2D eigenvalue weighted by atomic mass is 10.5. The van der Waals surface area contributed by atoms with Crippen molar-refractivity contribution in [2.75, 3.05) is 27.2 Å². The zero-order valence-corrected chi connectivity index (χ0v) is 11.1. The molecule has 1 heterocycles. The second-order valence-corrected chi connectivity index (χ2v) is 3.84. The molecule has 0 radical (unpaired) electrons. The van der Waals surface area contributed by atoms with E-state index >= 15 is 0 Å². The molecular formula is C10H15N5O5. The van der Waals surface area contributed by atoms with Gasteiger partial charge in [0.05, 0.1) is 19.9 Å². The first-order valence-corrected chi connectivity index (χ1v) is 5.63. The van der Waals surface area contributed by atoms with Crippen LogP contribution in [0.15, 0.2) is 6.20 Å². The number of carboxylic acids is 1. The van der Waals surface area contributed by atoms with Gasteiger partial charge in [-0.2, -0.15) is 0 Å². The highest BCUT2D eigenvalue weighted by atomic mass is 16.5. The summed E-state index contributed by atoms with van der Waals surface area (Å²) in [6, 6.07) is -0.450. The number of carboxylic acid groups (broad SMARTS) is 1. The molecule has 0 aliphatic rings. The van der Waals surface area contributed by atoms with E-state index < -0.39 is 18.0 Å². The number of aromatic nitrogens is 3. The van der Waals surface area contributed by atoms with Gasteiger partial charge in [0.25, 0.3) is 0 Å². The lowest BCUT2D eigenvalue weighted by Crippen LogP contribution is -2.41. The molecule has 2 amide bonds. The number of rotatable bonds is 6. The number of likely N-dealkylation sites (N-methyl/N-ethyl adjacent to an activating group) is 1. The summed E-state index contributed by atoms with van der Waals surface area (Å²) in [5.41, 5.74) is -0.167. The number of amides is 2. The Bertz CT molecular complexity index is 500. The molecule has 10 heteroatoms. The Morgan fingerprint density at radius 2 is 2.20 bits per heavy atom. The van der Waals surface area contributed by atoms with Crippen molar-refractivity contribution in [2.24, 2.45) is 0 Å². The van der Waals surface area contributed by atoms with Gasteiger partial charge in [0.1, 0.15) is 6.54 Å². The van der Waals surface area contributed by atoms with Crippen molar-refractivity contribution in [1.82, 2.24) is 25.2 Å². The number of hydrogen-bond donors (Lipinski definition) is 2. The smallest absolute Gasteiger partial charge is 0.358 e. The molecule has 10 nitrogen and oxygen atoms in total. The van der Waals surface area contributed by atoms with Crippen LogP contribution in [0, 0.1) is 0 Å². The number of carbonyl (C=O) groups is 3. The van der Waals surface area contributed by atoms with E-state index in [-0.39, 0.29) is 25.3 Å². The molecule has 1 aromatic heterocycles. The van der Waals surface area contributed by atoms with Gasteiger partial charge in [-0.1, -0.05) is 5.21 Å². The predicted molar refractivity (Wildman–Crippen MR) is 65.0 cm³/mol. The standard InChI is InChI=1S/C10H15N5O5/c1-14(6-8(16)20-2)10(19)11-3-4-15-5-7(9(17)18)12-13-15/h5H,3-4,6H2,1-2H3,(H,11,19)(H,17,18). The molecule has 0 aromatic carbocycles. The summed E-state index contributed by atoms with van der Waals surface area (Å²) in [6.07, 6.45) is 1.26. The van der Waals surface area contributed by atoms with Gasteiger partial charge >= 0.3 is 18.0 Å². The third-order valence-electron chi connectivity index (χ3n) is 2.32.